The molecule has 0 radical (unpaired) electrons. The molecule has 1 aromatic rings. The van der Waals surface area contributed by atoms with Crippen LogP contribution in [0.15, 0.2) is 23.1 Å². The van der Waals surface area contributed by atoms with Crippen LogP contribution in [0, 0.1) is 17.1 Å². The van der Waals surface area contributed by atoms with Crippen LogP contribution < -0.4 is 0 Å². The molecule has 1 aromatic carbocycles. The largest absolute Gasteiger partial charge is 0.206 e. The summed E-state index contributed by atoms with van der Waals surface area (Å²) >= 11 is 3.80. The van der Waals surface area contributed by atoms with Gasteiger partial charge < -0.3 is 0 Å². The van der Waals surface area contributed by atoms with E-state index in [9.17, 15) is 4.39 Å². The molecule has 0 saturated heterocycles. The molecule has 0 saturated carbocycles. The molecule has 0 heterocycles. The highest BCUT2D eigenvalue weighted by Crippen LogP contribution is 2.12. The molecule has 0 bridgehead atoms. The minimum Gasteiger partial charge on any atom is -0.206 e. The second-order valence-electron chi connectivity index (χ2n) is 1.78. The van der Waals surface area contributed by atoms with Gasteiger partial charge in [0.2, 0.25) is 0 Å². The molecule has 0 aliphatic rings. The van der Waals surface area contributed by atoms with Crippen LogP contribution in [0.2, 0.25) is 0 Å². The summed E-state index contributed by atoms with van der Waals surface area (Å²) in [7, 11) is 0. The lowest BCUT2D eigenvalue weighted by atomic mass is 10.2. The zero-order valence-corrected chi connectivity index (χ0v) is 5.90. The first kappa shape index (κ1) is 7.10. The number of nitriles is 1. The summed E-state index contributed by atoms with van der Waals surface area (Å²) in [5.41, 5.74) is 0.423. The smallest absolute Gasteiger partial charge is 0.136 e. The molecule has 0 spiro atoms. The summed E-state index contributed by atoms with van der Waals surface area (Å²) < 4.78 is 12.4. The molecular formula is C7H4FNS. The molecule has 1 nitrogen and oxygen atoms in total. The predicted octanol–water partition coefficient (Wildman–Crippen LogP) is 1.99. The van der Waals surface area contributed by atoms with Crippen molar-refractivity contribution < 1.29 is 4.39 Å². The van der Waals surface area contributed by atoms with Gasteiger partial charge in [0.25, 0.3) is 0 Å². The SMILES string of the molecule is N#Cc1ccc(F)c(S)c1. The number of thiol groups is 1. The van der Waals surface area contributed by atoms with Gasteiger partial charge in [0.05, 0.1) is 11.6 Å². The number of hydrogen-bond donors (Lipinski definition) is 1. The standard InChI is InChI=1S/C7H4FNS/c8-6-2-1-5(4-9)3-7(6)10/h1-3,10H. The minimum atomic E-state index is -0.401. The zero-order valence-electron chi connectivity index (χ0n) is 5.00. The van der Waals surface area contributed by atoms with E-state index in [2.05, 4.69) is 12.6 Å². The van der Waals surface area contributed by atoms with Crippen LogP contribution in [0.3, 0.4) is 0 Å². The average Bonchev–Trinajstić information content (AvgIpc) is 1.95. The van der Waals surface area contributed by atoms with E-state index in [1.807, 2.05) is 6.07 Å². The number of nitrogens with zero attached hydrogens (tertiary/aromatic N) is 1. The Kier molecular flexibility index (Phi) is 1.93. The fraction of sp³-hybridized carbons (Fsp3) is 0. The Morgan fingerprint density at radius 2 is 2.20 bits per heavy atom. The van der Waals surface area contributed by atoms with Crippen LogP contribution >= 0.6 is 12.6 Å². The molecule has 0 aliphatic heterocycles. The minimum absolute atomic E-state index is 0.207. The molecule has 3 heteroatoms. The van der Waals surface area contributed by atoms with Crippen LogP contribution in [0.5, 0.6) is 0 Å². The molecule has 0 aromatic heterocycles. The number of benzene rings is 1. The lowest BCUT2D eigenvalue weighted by molar-refractivity contribution is 0.602. The van der Waals surface area contributed by atoms with E-state index >= 15 is 0 Å². The summed E-state index contributed by atoms with van der Waals surface area (Å²) in [6, 6.07) is 5.90. The quantitative estimate of drug-likeness (QED) is 0.566. The van der Waals surface area contributed by atoms with Gasteiger partial charge >= 0.3 is 0 Å². The summed E-state index contributed by atoms with van der Waals surface area (Å²) in [4.78, 5) is 0.207. The van der Waals surface area contributed by atoms with Gasteiger partial charge in [0.1, 0.15) is 5.82 Å². The Morgan fingerprint density at radius 1 is 1.50 bits per heavy atom. The third-order valence-electron chi connectivity index (χ3n) is 1.08. The first-order valence-electron chi connectivity index (χ1n) is 2.62. The number of halogens is 1. The van der Waals surface area contributed by atoms with E-state index in [-0.39, 0.29) is 4.90 Å². The highest BCUT2D eigenvalue weighted by Gasteiger charge is 1.96. The van der Waals surface area contributed by atoms with Crippen molar-refractivity contribution in [2.45, 2.75) is 4.90 Å². The predicted molar refractivity (Wildman–Crippen MR) is 38.4 cm³/mol. The van der Waals surface area contributed by atoms with Crippen LogP contribution in [-0.2, 0) is 0 Å². The van der Waals surface area contributed by atoms with Crippen molar-refractivity contribution in [3.63, 3.8) is 0 Å². The Balaban J connectivity index is 3.20. The normalized spacial score (nSPS) is 8.90. The molecule has 0 fully saturated rings. The summed E-state index contributed by atoms with van der Waals surface area (Å²) in [6.45, 7) is 0. The first-order chi connectivity index (χ1) is 4.74. The van der Waals surface area contributed by atoms with Crippen LogP contribution in [0.4, 0.5) is 4.39 Å². The molecular weight excluding hydrogens is 149 g/mol. The highest BCUT2D eigenvalue weighted by atomic mass is 32.1. The Hall–Kier alpha value is -1.01. The fourth-order valence-corrected chi connectivity index (χ4v) is 0.796. The molecule has 50 valence electrons. The van der Waals surface area contributed by atoms with E-state index in [1.54, 1.807) is 0 Å². The van der Waals surface area contributed by atoms with Crippen molar-refractivity contribution in [3.05, 3.63) is 29.6 Å². The maximum Gasteiger partial charge on any atom is 0.136 e. The molecule has 0 amide bonds. The van der Waals surface area contributed by atoms with Crippen molar-refractivity contribution >= 4 is 12.6 Å². The van der Waals surface area contributed by atoms with Crippen molar-refractivity contribution in [2.24, 2.45) is 0 Å². The monoisotopic (exact) mass is 153 g/mol. The van der Waals surface area contributed by atoms with Gasteiger partial charge in [-0.15, -0.1) is 12.6 Å². The van der Waals surface area contributed by atoms with Gasteiger partial charge in [-0.1, -0.05) is 0 Å². The summed E-state index contributed by atoms with van der Waals surface area (Å²) in [5.74, 6) is -0.401. The average molecular weight is 153 g/mol. The third kappa shape index (κ3) is 1.28. The molecule has 0 N–H and O–H groups in total. The van der Waals surface area contributed by atoms with Crippen LogP contribution in [0.25, 0.3) is 0 Å². The van der Waals surface area contributed by atoms with Gasteiger partial charge in [0, 0.05) is 4.90 Å². The van der Waals surface area contributed by atoms with Crippen molar-refractivity contribution in [3.8, 4) is 6.07 Å². The van der Waals surface area contributed by atoms with E-state index in [0.717, 1.165) is 0 Å². The maximum absolute atomic E-state index is 12.4. The van der Waals surface area contributed by atoms with Crippen molar-refractivity contribution in [1.29, 1.82) is 5.26 Å². The van der Waals surface area contributed by atoms with Crippen molar-refractivity contribution in [2.75, 3.05) is 0 Å². The van der Waals surface area contributed by atoms with Gasteiger partial charge in [-0.2, -0.15) is 5.26 Å². The molecule has 0 atom stereocenters. The molecule has 1 rings (SSSR count). The highest BCUT2D eigenvalue weighted by molar-refractivity contribution is 7.80. The molecule has 10 heavy (non-hydrogen) atoms. The Bertz CT molecular complexity index is 290. The van der Waals surface area contributed by atoms with E-state index in [0.29, 0.717) is 5.56 Å². The van der Waals surface area contributed by atoms with Crippen molar-refractivity contribution in [1.82, 2.24) is 0 Å². The summed E-state index contributed by atoms with van der Waals surface area (Å²) in [6.07, 6.45) is 0. The van der Waals surface area contributed by atoms with E-state index < -0.39 is 5.82 Å². The second kappa shape index (κ2) is 2.72. The molecule has 0 aliphatic carbocycles. The second-order valence-corrected chi connectivity index (χ2v) is 2.26. The number of hydrogen-bond acceptors (Lipinski definition) is 2. The molecule has 0 unspecified atom stereocenters. The van der Waals surface area contributed by atoms with Gasteiger partial charge in [-0.25, -0.2) is 4.39 Å². The van der Waals surface area contributed by atoms with E-state index in [4.69, 9.17) is 5.26 Å². The maximum atomic E-state index is 12.4. The topological polar surface area (TPSA) is 23.8 Å². The lowest BCUT2D eigenvalue weighted by Gasteiger charge is -1.92. The number of rotatable bonds is 0. The van der Waals surface area contributed by atoms with E-state index in [1.165, 1.54) is 18.2 Å². The Labute approximate surface area is 63.5 Å². The third-order valence-corrected chi connectivity index (χ3v) is 1.42. The van der Waals surface area contributed by atoms with Gasteiger partial charge in [-0.3, -0.25) is 0 Å². The van der Waals surface area contributed by atoms with Gasteiger partial charge in [-0.05, 0) is 18.2 Å². The lowest BCUT2D eigenvalue weighted by Crippen LogP contribution is -1.78. The fourth-order valence-electron chi connectivity index (χ4n) is 0.582. The van der Waals surface area contributed by atoms with Crippen LogP contribution in [-0.4, -0.2) is 0 Å². The first-order valence-corrected chi connectivity index (χ1v) is 3.07. The van der Waals surface area contributed by atoms with Gasteiger partial charge in [0.15, 0.2) is 0 Å². The summed E-state index contributed by atoms with van der Waals surface area (Å²) in [5, 5.41) is 8.35. The zero-order chi connectivity index (χ0) is 7.56. The Morgan fingerprint density at radius 3 is 2.70 bits per heavy atom. The van der Waals surface area contributed by atoms with Crippen LogP contribution in [0.1, 0.15) is 5.56 Å².